The molecule has 8 heteroatoms. The summed E-state index contributed by atoms with van der Waals surface area (Å²) < 4.78 is 7.16. The number of rotatable bonds is 6. The first kappa shape index (κ1) is 19.0. The first-order chi connectivity index (χ1) is 13.6. The van der Waals surface area contributed by atoms with E-state index in [1.54, 1.807) is 22.5 Å². The Morgan fingerprint density at radius 2 is 2.25 bits per heavy atom. The van der Waals surface area contributed by atoms with Crippen molar-refractivity contribution in [1.82, 2.24) is 15.1 Å². The van der Waals surface area contributed by atoms with E-state index in [4.69, 9.17) is 4.74 Å². The second kappa shape index (κ2) is 8.36. The van der Waals surface area contributed by atoms with Crippen molar-refractivity contribution in [2.24, 2.45) is 0 Å². The Kier molecular flexibility index (Phi) is 5.68. The molecule has 1 aromatic heterocycles. The van der Waals surface area contributed by atoms with Crippen LogP contribution >= 0.6 is 11.8 Å². The Balaban J connectivity index is 1.47. The molecule has 1 unspecified atom stereocenters. The Hall–Kier alpha value is -2.32. The maximum absolute atomic E-state index is 12.7. The van der Waals surface area contributed by atoms with E-state index < -0.39 is 0 Å². The normalized spacial score (nSPS) is 18.1. The van der Waals surface area contributed by atoms with Gasteiger partial charge in [0.05, 0.1) is 11.8 Å². The minimum atomic E-state index is -0.190. The highest BCUT2D eigenvalue weighted by molar-refractivity contribution is 7.98. The van der Waals surface area contributed by atoms with Gasteiger partial charge in [-0.15, -0.1) is 0 Å². The summed E-state index contributed by atoms with van der Waals surface area (Å²) in [6.45, 7) is 3.31. The van der Waals surface area contributed by atoms with E-state index in [2.05, 4.69) is 15.7 Å². The molecule has 0 spiro atoms. The quantitative estimate of drug-likeness (QED) is 0.778. The molecular formula is C20H24N4O3S. The van der Waals surface area contributed by atoms with Gasteiger partial charge < -0.3 is 15.4 Å². The number of benzene rings is 1. The standard InChI is InChI=1S/C20H24N4O3S/c1-13-4-2-5-14(8-13)20(26)22-19-16-11-28-12-17(16)23-24(19)10-18(25)21-9-15-6-3-7-27-15/h2,4-5,8,15H,3,6-7,9-12H2,1H3,(H,21,25)(H,22,26). The molecule has 0 saturated carbocycles. The van der Waals surface area contributed by atoms with Crippen molar-refractivity contribution >= 4 is 29.4 Å². The van der Waals surface area contributed by atoms with Crippen LogP contribution < -0.4 is 10.6 Å². The zero-order chi connectivity index (χ0) is 19.5. The Morgan fingerprint density at radius 3 is 3.04 bits per heavy atom. The number of fused-ring (bicyclic) bond motifs is 1. The Bertz CT molecular complexity index is 890. The topological polar surface area (TPSA) is 85.2 Å². The summed E-state index contributed by atoms with van der Waals surface area (Å²) in [4.78, 5) is 25.1. The Labute approximate surface area is 168 Å². The highest BCUT2D eigenvalue weighted by Gasteiger charge is 2.25. The van der Waals surface area contributed by atoms with E-state index in [1.165, 1.54) is 0 Å². The number of amides is 2. The molecule has 1 aromatic carbocycles. The molecule has 2 amide bonds. The SMILES string of the molecule is Cc1cccc(C(=O)Nc2c3c(nn2CC(=O)NCC2CCCO2)CSC3)c1. The summed E-state index contributed by atoms with van der Waals surface area (Å²) in [5.74, 6) is 1.89. The lowest BCUT2D eigenvalue weighted by Gasteiger charge is -2.13. The van der Waals surface area contributed by atoms with Crippen molar-refractivity contribution in [2.75, 3.05) is 18.5 Å². The van der Waals surface area contributed by atoms with E-state index in [1.807, 2.05) is 25.1 Å². The summed E-state index contributed by atoms with van der Waals surface area (Å²) in [7, 11) is 0. The van der Waals surface area contributed by atoms with Gasteiger partial charge in [-0.1, -0.05) is 17.7 Å². The average molecular weight is 401 g/mol. The predicted octanol–water partition coefficient (Wildman–Crippen LogP) is 2.49. The van der Waals surface area contributed by atoms with Crippen LogP contribution in [0.4, 0.5) is 5.82 Å². The molecule has 28 heavy (non-hydrogen) atoms. The van der Waals surface area contributed by atoms with Crippen molar-refractivity contribution in [1.29, 1.82) is 0 Å². The van der Waals surface area contributed by atoms with Gasteiger partial charge in [0.25, 0.3) is 5.91 Å². The second-order valence-corrected chi connectivity index (χ2v) is 8.17. The summed E-state index contributed by atoms with van der Waals surface area (Å²) >= 11 is 1.76. The number of hydrogen-bond donors (Lipinski definition) is 2. The lowest BCUT2D eigenvalue weighted by atomic mass is 10.1. The van der Waals surface area contributed by atoms with Crippen LogP contribution in [0.25, 0.3) is 0 Å². The second-order valence-electron chi connectivity index (χ2n) is 7.19. The van der Waals surface area contributed by atoms with Crippen molar-refractivity contribution in [3.8, 4) is 0 Å². The molecular weight excluding hydrogens is 376 g/mol. The van der Waals surface area contributed by atoms with Crippen LogP contribution in [0.5, 0.6) is 0 Å². The highest BCUT2D eigenvalue weighted by atomic mass is 32.2. The van der Waals surface area contributed by atoms with Crippen LogP contribution in [0.1, 0.15) is 40.0 Å². The fourth-order valence-electron chi connectivity index (χ4n) is 3.51. The van der Waals surface area contributed by atoms with Gasteiger partial charge in [-0.05, 0) is 31.9 Å². The van der Waals surface area contributed by atoms with Crippen molar-refractivity contribution in [3.63, 3.8) is 0 Å². The van der Waals surface area contributed by atoms with Crippen LogP contribution in [-0.2, 0) is 27.6 Å². The van der Waals surface area contributed by atoms with Crippen LogP contribution in [0.2, 0.25) is 0 Å². The molecule has 2 aromatic rings. The number of aromatic nitrogens is 2. The summed E-state index contributed by atoms with van der Waals surface area (Å²) in [5, 5.41) is 10.5. The van der Waals surface area contributed by atoms with E-state index in [0.29, 0.717) is 17.9 Å². The molecule has 3 heterocycles. The summed E-state index contributed by atoms with van der Waals surface area (Å²) in [5.41, 5.74) is 3.57. The van der Waals surface area contributed by atoms with Crippen LogP contribution in [0.15, 0.2) is 24.3 Å². The molecule has 2 aliphatic heterocycles. The minimum Gasteiger partial charge on any atom is -0.376 e. The summed E-state index contributed by atoms with van der Waals surface area (Å²) in [6.07, 6.45) is 2.12. The maximum atomic E-state index is 12.7. The first-order valence-corrected chi connectivity index (χ1v) is 10.7. The molecule has 1 saturated heterocycles. The number of carbonyl (C=O) groups excluding carboxylic acids is 2. The van der Waals surface area contributed by atoms with E-state index in [-0.39, 0.29) is 24.5 Å². The van der Waals surface area contributed by atoms with E-state index >= 15 is 0 Å². The molecule has 1 atom stereocenters. The molecule has 0 aliphatic carbocycles. The number of anilines is 1. The van der Waals surface area contributed by atoms with Gasteiger partial charge in [-0.3, -0.25) is 9.59 Å². The van der Waals surface area contributed by atoms with Crippen LogP contribution in [0.3, 0.4) is 0 Å². The number of aryl methyl sites for hydroxylation is 1. The third kappa shape index (κ3) is 4.23. The van der Waals surface area contributed by atoms with Gasteiger partial charge >= 0.3 is 0 Å². The monoisotopic (exact) mass is 400 g/mol. The van der Waals surface area contributed by atoms with Gasteiger partial charge in [-0.2, -0.15) is 16.9 Å². The molecule has 0 bridgehead atoms. The third-order valence-corrected chi connectivity index (χ3v) is 5.95. The number of carbonyl (C=O) groups is 2. The zero-order valence-electron chi connectivity index (χ0n) is 15.9. The lowest BCUT2D eigenvalue weighted by molar-refractivity contribution is -0.122. The summed E-state index contributed by atoms with van der Waals surface area (Å²) in [6, 6.07) is 7.44. The fourth-order valence-corrected chi connectivity index (χ4v) is 4.55. The van der Waals surface area contributed by atoms with Gasteiger partial charge in [0.2, 0.25) is 5.91 Å². The predicted molar refractivity (Wildman–Crippen MR) is 108 cm³/mol. The molecule has 2 aliphatic rings. The molecule has 7 nitrogen and oxygen atoms in total. The van der Waals surface area contributed by atoms with E-state index in [0.717, 1.165) is 47.8 Å². The van der Waals surface area contributed by atoms with Crippen molar-refractivity contribution < 1.29 is 14.3 Å². The smallest absolute Gasteiger partial charge is 0.256 e. The maximum Gasteiger partial charge on any atom is 0.256 e. The van der Waals surface area contributed by atoms with Gasteiger partial charge in [-0.25, -0.2) is 4.68 Å². The van der Waals surface area contributed by atoms with Gasteiger partial charge in [0.15, 0.2) is 0 Å². The van der Waals surface area contributed by atoms with Crippen LogP contribution in [0, 0.1) is 6.92 Å². The first-order valence-electron chi connectivity index (χ1n) is 9.53. The molecule has 0 radical (unpaired) electrons. The lowest BCUT2D eigenvalue weighted by Crippen LogP contribution is -2.34. The van der Waals surface area contributed by atoms with Gasteiger partial charge in [0.1, 0.15) is 12.4 Å². The van der Waals surface area contributed by atoms with E-state index in [9.17, 15) is 9.59 Å². The number of nitrogens with one attached hydrogen (secondary N) is 2. The Morgan fingerprint density at radius 1 is 1.36 bits per heavy atom. The number of thioether (sulfide) groups is 1. The van der Waals surface area contributed by atoms with Gasteiger partial charge in [0, 0.05) is 35.8 Å². The number of nitrogens with zero attached hydrogens (tertiary/aromatic N) is 2. The molecule has 2 N–H and O–H groups in total. The zero-order valence-corrected chi connectivity index (χ0v) is 16.7. The fraction of sp³-hybridized carbons (Fsp3) is 0.450. The molecule has 1 fully saturated rings. The van der Waals surface area contributed by atoms with Crippen molar-refractivity contribution in [2.45, 2.75) is 43.9 Å². The number of hydrogen-bond acceptors (Lipinski definition) is 5. The van der Waals surface area contributed by atoms with Crippen LogP contribution in [-0.4, -0.2) is 40.9 Å². The average Bonchev–Trinajstić information content (AvgIpc) is 3.40. The third-order valence-electron chi connectivity index (χ3n) is 4.98. The highest BCUT2D eigenvalue weighted by Crippen LogP contribution is 2.34. The van der Waals surface area contributed by atoms with Crippen molar-refractivity contribution in [3.05, 3.63) is 46.6 Å². The minimum absolute atomic E-state index is 0.0772. The number of ether oxygens (including phenoxy) is 1. The largest absolute Gasteiger partial charge is 0.376 e. The molecule has 148 valence electrons. The molecule has 4 rings (SSSR count).